The van der Waals surface area contributed by atoms with Crippen molar-refractivity contribution in [3.05, 3.63) is 35.6 Å². The Morgan fingerprint density at radius 2 is 2.06 bits per heavy atom. The zero-order valence-corrected chi connectivity index (χ0v) is 10.2. The number of nitrogens with zero attached hydrogens (tertiary/aromatic N) is 1. The topological polar surface area (TPSA) is 69.6 Å². The van der Waals surface area contributed by atoms with Crippen LogP contribution in [-0.4, -0.2) is 42.0 Å². The lowest BCUT2D eigenvalue weighted by molar-refractivity contribution is -0.147. The van der Waals surface area contributed by atoms with Crippen LogP contribution < -0.4 is 5.32 Å². The molecule has 1 aromatic rings. The average Bonchev–Trinajstić information content (AvgIpc) is 2.32. The highest BCUT2D eigenvalue weighted by Gasteiger charge is 2.27. The Kier molecular flexibility index (Phi) is 4.79. The number of nitrogens with one attached hydrogen (secondary N) is 1. The van der Waals surface area contributed by atoms with Crippen LogP contribution in [-0.2, 0) is 16.1 Å². The molecule has 1 aromatic carbocycles. The van der Waals surface area contributed by atoms with Gasteiger partial charge in [-0.25, -0.2) is 9.18 Å². The van der Waals surface area contributed by atoms with Gasteiger partial charge >= 0.3 is 5.97 Å². The molecule has 0 fully saturated rings. The van der Waals surface area contributed by atoms with Gasteiger partial charge in [0.2, 0.25) is 0 Å². The number of aliphatic carboxylic acids is 1. The predicted octanol–water partition coefficient (Wildman–Crippen LogP) is 0.457. The fraction of sp³-hybridized carbons (Fsp3) is 0.333. The van der Waals surface area contributed by atoms with E-state index < -0.39 is 23.7 Å². The van der Waals surface area contributed by atoms with Crippen LogP contribution in [0.15, 0.2) is 24.3 Å². The Hall–Kier alpha value is -1.95. The minimum Gasteiger partial charge on any atom is -0.480 e. The summed E-state index contributed by atoms with van der Waals surface area (Å²) in [6, 6.07) is 4.73. The van der Waals surface area contributed by atoms with Crippen molar-refractivity contribution < 1.29 is 19.1 Å². The maximum absolute atomic E-state index is 13.4. The molecule has 2 N–H and O–H groups in total. The molecule has 0 aliphatic carbocycles. The molecule has 0 heterocycles. The van der Waals surface area contributed by atoms with Gasteiger partial charge < -0.3 is 10.0 Å². The fourth-order valence-corrected chi connectivity index (χ4v) is 1.53. The Balaban J connectivity index is 2.77. The molecule has 0 aliphatic rings. The van der Waals surface area contributed by atoms with Gasteiger partial charge in [0.15, 0.2) is 6.04 Å². The molecule has 0 aliphatic heterocycles. The van der Waals surface area contributed by atoms with E-state index in [1.54, 1.807) is 18.2 Å². The van der Waals surface area contributed by atoms with Gasteiger partial charge in [-0.05, 0) is 13.1 Å². The number of benzene rings is 1. The third-order valence-electron chi connectivity index (χ3n) is 2.52. The van der Waals surface area contributed by atoms with Crippen LogP contribution >= 0.6 is 0 Å². The molecule has 1 amide bonds. The van der Waals surface area contributed by atoms with E-state index in [0.717, 1.165) is 0 Å². The molecule has 98 valence electrons. The van der Waals surface area contributed by atoms with E-state index >= 15 is 0 Å². The number of halogens is 1. The second-order valence-electron chi connectivity index (χ2n) is 3.85. The predicted molar refractivity (Wildman–Crippen MR) is 63.4 cm³/mol. The number of carboxylic acid groups (broad SMARTS) is 1. The van der Waals surface area contributed by atoms with Gasteiger partial charge in [0.05, 0.1) is 0 Å². The summed E-state index contributed by atoms with van der Waals surface area (Å²) in [4.78, 5) is 23.8. The first-order valence-electron chi connectivity index (χ1n) is 5.35. The third kappa shape index (κ3) is 3.27. The molecule has 18 heavy (non-hydrogen) atoms. The molecular formula is C12H15FN2O3. The van der Waals surface area contributed by atoms with Crippen molar-refractivity contribution in [1.29, 1.82) is 0 Å². The zero-order chi connectivity index (χ0) is 13.7. The van der Waals surface area contributed by atoms with Gasteiger partial charge in [-0.15, -0.1) is 0 Å². The number of carbonyl (C=O) groups is 2. The van der Waals surface area contributed by atoms with Crippen LogP contribution in [0.3, 0.4) is 0 Å². The second kappa shape index (κ2) is 6.11. The molecule has 6 heteroatoms. The number of hydrogen-bond acceptors (Lipinski definition) is 3. The van der Waals surface area contributed by atoms with Crippen LogP contribution in [0, 0.1) is 5.82 Å². The molecule has 0 saturated heterocycles. The number of amides is 1. The first-order chi connectivity index (χ1) is 8.47. The minimum atomic E-state index is -1.32. The minimum absolute atomic E-state index is 0.0248. The van der Waals surface area contributed by atoms with Crippen LogP contribution in [0.5, 0.6) is 0 Å². The van der Waals surface area contributed by atoms with E-state index in [0.29, 0.717) is 5.56 Å². The number of rotatable bonds is 5. The molecular weight excluding hydrogens is 239 g/mol. The summed E-state index contributed by atoms with van der Waals surface area (Å²) < 4.78 is 13.4. The van der Waals surface area contributed by atoms with Gasteiger partial charge in [0.1, 0.15) is 5.82 Å². The van der Waals surface area contributed by atoms with Crippen LogP contribution in [0.25, 0.3) is 0 Å². The lowest BCUT2D eigenvalue weighted by Crippen LogP contribution is -2.48. The van der Waals surface area contributed by atoms with Crippen LogP contribution in [0.4, 0.5) is 4.39 Å². The van der Waals surface area contributed by atoms with Crippen molar-refractivity contribution in [1.82, 2.24) is 10.2 Å². The zero-order valence-electron chi connectivity index (χ0n) is 10.2. The van der Waals surface area contributed by atoms with Crippen LogP contribution in [0.1, 0.15) is 5.56 Å². The second-order valence-corrected chi connectivity index (χ2v) is 3.85. The van der Waals surface area contributed by atoms with Gasteiger partial charge in [-0.1, -0.05) is 18.2 Å². The number of carboxylic acids is 1. The third-order valence-corrected chi connectivity index (χ3v) is 2.52. The maximum atomic E-state index is 13.4. The standard InChI is InChI=1S/C12H15FN2O3/c1-14-10(12(17)18)11(16)15(2)7-8-5-3-4-6-9(8)13/h3-6,10,14H,7H2,1-2H3,(H,17,18). The van der Waals surface area contributed by atoms with Crippen LogP contribution in [0.2, 0.25) is 0 Å². The van der Waals surface area contributed by atoms with Crippen molar-refractivity contribution in [3.63, 3.8) is 0 Å². The first kappa shape index (κ1) is 14.1. The maximum Gasteiger partial charge on any atom is 0.330 e. The molecule has 0 bridgehead atoms. The molecule has 0 radical (unpaired) electrons. The molecule has 1 atom stereocenters. The highest BCUT2D eigenvalue weighted by atomic mass is 19.1. The molecule has 0 aromatic heterocycles. The summed E-state index contributed by atoms with van der Waals surface area (Å²) in [6.07, 6.45) is 0. The summed E-state index contributed by atoms with van der Waals surface area (Å²) in [7, 11) is 2.82. The van der Waals surface area contributed by atoms with E-state index in [1.807, 2.05) is 0 Å². The number of likely N-dealkylation sites (N-methyl/N-ethyl adjacent to an activating group) is 2. The molecule has 1 rings (SSSR count). The normalized spacial score (nSPS) is 11.9. The van der Waals surface area contributed by atoms with E-state index in [2.05, 4.69) is 5.32 Å². The van der Waals surface area contributed by atoms with E-state index in [1.165, 1.54) is 25.1 Å². The number of carbonyl (C=O) groups excluding carboxylic acids is 1. The summed E-state index contributed by atoms with van der Waals surface area (Å²) in [5, 5.41) is 11.2. The lowest BCUT2D eigenvalue weighted by Gasteiger charge is -2.21. The quantitative estimate of drug-likeness (QED) is 0.749. The van der Waals surface area contributed by atoms with Gasteiger partial charge in [0.25, 0.3) is 5.91 Å². The SMILES string of the molecule is CNC(C(=O)O)C(=O)N(C)Cc1ccccc1F. The highest BCUT2D eigenvalue weighted by molar-refractivity contribution is 6.00. The Labute approximate surface area is 104 Å². The van der Waals surface area contributed by atoms with E-state index in [9.17, 15) is 14.0 Å². The monoisotopic (exact) mass is 254 g/mol. The van der Waals surface area contributed by atoms with Crippen molar-refractivity contribution in [2.24, 2.45) is 0 Å². The summed E-state index contributed by atoms with van der Waals surface area (Å²) >= 11 is 0. The average molecular weight is 254 g/mol. The Morgan fingerprint density at radius 1 is 1.44 bits per heavy atom. The van der Waals surface area contributed by atoms with Crippen molar-refractivity contribution >= 4 is 11.9 Å². The largest absolute Gasteiger partial charge is 0.480 e. The highest BCUT2D eigenvalue weighted by Crippen LogP contribution is 2.09. The van der Waals surface area contributed by atoms with Crippen molar-refractivity contribution in [2.75, 3.05) is 14.1 Å². The summed E-state index contributed by atoms with van der Waals surface area (Å²) in [5.41, 5.74) is 0.341. The smallest absolute Gasteiger partial charge is 0.330 e. The number of hydrogen-bond donors (Lipinski definition) is 2. The van der Waals surface area contributed by atoms with Crippen molar-refractivity contribution in [3.8, 4) is 0 Å². The van der Waals surface area contributed by atoms with E-state index in [-0.39, 0.29) is 6.54 Å². The van der Waals surface area contributed by atoms with Gasteiger partial charge in [-0.3, -0.25) is 10.1 Å². The molecule has 0 saturated carbocycles. The van der Waals surface area contributed by atoms with Gasteiger partial charge in [-0.2, -0.15) is 0 Å². The molecule has 5 nitrogen and oxygen atoms in total. The Bertz CT molecular complexity index is 451. The van der Waals surface area contributed by atoms with Gasteiger partial charge in [0, 0.05) is 19.2 Å². The lowest BCUT2D eigenvalue weighted by atomic mass is 10.2. The first-order valence-corrected chi connectivity index (χ1v) is 5.35. The summed E-state index contributed by atoms with van der Waals surface area (Å²) in [5.74, 6) is -2.30. The molecule has 0 spiro atoms. The molecule has 1 unspecified atom stereocenters. The van der Waals surface area contributed by atoms with E-state index in [4.69, 9.17) is 5.11 Å². The fourth-order valence-electron chi connectivity index (χ4n) is 1.53. The van der Waals surface area contributed by atoms with Crippen molar-refractivity contribution in [2.45, 2.75) is 12.6 Å². The summed E-state index contributed by atoms with van der Waals surface area (Å²) in [6.45, 7) is 0.0248. The Morgan fingerprint density at radius 3 is 2.56 bits per heavy atom.